The number of hydrogen-bond acceptors (Lipinski definition) is 3. The van der Waals surface area contributed by atoms with E-state index in [-0.39, 0.29) is 0 Å². The summed E-state index contributed by atoms with van der Waals surface area (Å²) in [5.74, 6) is 0. The van der Waals surface area contributed by atoms with Crippen LogP contribution < -0.4 is 5.32 Å². The Labute approximate surface area is 130 Å². The van der Waals surface area contributed by atoms with E-state index >= 15 is 0 Å². The predicted molar refractivity (Wildman–Crippen MR) is 90.9 cm³/mol. The van der Waals surface area contributed by atoms with E-state index in [9.17, 15) is 0 Å². The molecule has 1 aliphatic rings. The summed E-state index contributed by atoms with van der Waals surface area (Å²) in [6.07, 6.45) is 0. The van der Waals surface area contributed by atoms with Gasteiger partial charge in [-0.3, -0.25) is 4.90 Å². The molecular formula is C18H31N3. The molecule has 3 nitrogen and oxygen atoms in total. The minimum absolute atomic E-state index is 0.446. The lowest BCUT2D eigenvalue weighted by Crippen LogP contribution is -2.48. The standard InChI is InChI=1S/C18H31N3/c1-5-19-18(17-12-15(3)11-16(4)13-17)14-21-9-7-20(6-2)8-10-21/h11-13,18-19H,5-10,14H2,1-4H3. The fraction of sp³-hybridized carbons (Fsp3) is 0.667. The number of nitrogens with zero attached hydrogens (tertiary/aromatic N) is 2. The fourth-order valence-electron chi connectivity index (χ4n) is 3.29. The van der Waals surface area contributed by atoms with E-state index in [0.717, 1.165) is 13.1 Å². The molecule has 0 saturated carbocycles. The predicted octanol–water partition coefficient (Wildman–Crippen LogP) is 2.59. The van der Waals surface area contributed by atoms with Gasteiger partial charge in [-0.25, -0.2) is 0 Å². The van der Waals surface area contributed by atoms with Crippen LogP contribution in [0.25, 0.3) is 0 Å². The third-order valence-corrected chi connectivity index (χ3v) is 4.45. The Balaban J connectivity index is 2.02. The van der Waals surface area contributed by atoms with Crippen molar-refractivity contribution >= 4 is 0 Å². The highest BCUT2D eigenvalue weighted by Crippen LogP contribution is 2.19. The number of nitrogens with one attached hydrogen (secondary N) is 1. The van der Waals surface area contributed by atoms with Crippen molar-refractivity contribution in [2.45, 2.75) is 33.7 Å². The van der Waals surface area contributed by atoms with Gasteiger partial charge in [0.25, 0.3) is 0 Å². The Hall–Kier alpha value is -0.900. The second-order valence-electron chi connectivity index (χ2n) is 6.27. The molecule has 2 rings (SSSR count). The molecule has 0 spiro atoms. The van der Waals surface area contributed by atoms with E-state index in [0.29, 0.717) is 6.04 Å². The molecule has 0 amide bonds. The Morgan fingerprint density at radius 1 is 0.952 bits per heavy atom. The molecule has 1 aromatic carbocycles. The topological polar surface area (TPSA) is 18.5 Å². The first-order valence-electron chi connectivity index (χ1n) is 8.38. The molecule has 118 valence electrons. The molecule has 21 heavy (non-hydrogen) atoms. The zero-order valence-electron chi connectivity index (χ0n) is 14.2. The van der Waals surface area contributed by atoms with Crippen LogP contribution in [0.3, 0.4) is 0 Å². The van der Waals surface area contributed by atoms with Crippen LogP contribution in [0, 0.1) is 13.8 Å². The first-order chi connectivity index (χ1) is 10.1. The van der Waals surface area contributed by atoms with Gasteiger partial charge in [-0.05, 0) is 32.5 Å². The number of aryl methyl sites for hydroxylation is 2. The van der Waals surface area contributed by atoms with Crippen LogP contribution in [0.15, 0.2) is 18.2 Å². The van der Waals surface area contributed by atoms with E-state index < -0.39 is 0 Å². The molecule has 1 aromatic rings. The van der Waals surface area contributed by atoms with Gasteiger partial charge in [-0.2, -0.15) is 0 Å². The van der Waals surface area contributed by atoms with Gasteiger partial charge in [-0.15, -0.1) is 0 Å². The maximum Gasteiger partial charge on any atom is 0.0449 e. The van der Waals surface area contributed by atoms with E-state index in [1.165, 1.54) is 49.4 Å². The third-order valence-electron chi connectivity index (χ3n) is 4.45. The van der Waals surface area contributed by atoms with Crippen molar-refractivity contribution in [3.05, 3.63) is 34.9 Å². The molecule has 1 heterocycles. The summed E-state index contributed by atoms with van der Waals surface area (Å²) in [7, 11) is 0. The van der Waals surface area contributed by atoms with Gasteiger partial charge in [0.1, 0.15) is 0 Å². The van der Waals surface area contributed by atoms with E-state index in [1.807, 2.05) is 0 Å². The summed E-state index contributed by atoms with van der Waals surface area (Å²) in [5.41, 5.74) is 4.17. The van der Waals surface area contributed by atoms with Crippen molar-refractivity contribution in [2.24, 2.45) is 0 Å². The van der Waals surface area contributed by atoms with Gasteiger partial charge in [0, 0.05) is 38.8 Å². The highest BCUT2D eigenvalue weighted by Gasteiger charge is 2.20. The lowest BCUT2D eigenvalue weighted by Gasteiger charge is -2.36. The van der Waals surface area contributed by atoms with Gasteiger partial charge in [0.15, 0.2) is 0 Å². The molecular weight excluding hydrogens is 258 g/mol. The second-order valence-corrected chi connectivity index (χ2v) is 6.27. The first kappa shape index (κ1) is 16.5. The van der Waals surface area contributed by atoms with Crippen LogP contribution >= 0.6 is 0 Å². The summed E-state index contributed by atoms with van der Waals surface area (Å²) >= 11 is 0. The lowest BCUT2D eigenvalue weighted by molar-refractivity contribution is 0.127. The number of hydrogen-bond donors (Lipinski definition) is 1. The Morgan fingerprint density at radius 2 is 1.52 bits per heavy atom. The highest BCUT2D eigenvalue weighted by molar-refractivity contribution is 5.31. The highest BCUT2D eigenvalue weighted by atomic mass is 15.3. The molecule has 3 heteroatoms. The zero-order chi connectivity index (χ0) is 15.2. The lowest BCUT2D eigenvalue weighted by atomic mass is 10.0. The molecule has 1 fully saturated rings. The number of benzene rings is 1. The molecule has 1 N–H and O–H groups in total. The number of piperazine rings is 1. The van der Waals surface area contributed by atoms with Crippen LogP contribution in [0.4, 0.5) is 0 Å². The Bertz CT molecular complexity index is 416. The van der Waals surface area contributed by atoms with Crippen LogP contribution in [0.1, 0.15) is 36.6 Å². The van der Waals surface area contributed by atoms with Crippen LogP contribution in [0.5, 0.6) is 0 Å². The molecule has 0 bridgehead atoms. The number of rotatable bonds is 6. The van der Waals surface area contributed by atoms with Crippen LogP contribution in [-0.2, 0) is 0 Å². The van der Waals surface area contributed by atoms with Crippen molar-refractivity contribution in [1.29, 1.82) is 0 Å². The summed E-state index contributed by atoms with van der Waals surface area (Å²) in [5, 5.41) is 3.67. The van der Waals surface area contributed by atoms with Crippen molar-refractivity contribution in [3.8, 4) is 0 Å². The molecule has 0 aliphatic carbocycles. The number of likely N-dealkylation sites (N-methyl/N-ethyl adjacent to an activating group) is 2. The summed E-state index contributed by atoms with van der Waals surface area (Å²) in [6, 6.07) is 7.37. The van der Waals surface area contributed by atoms with Gasteiger partial charge < -0.3 is 10.2 Å². The monoisotopic (exact) mass is 289 g/mol. The summed E-state index contributed by atoms with van der Waals surface area (Å²) in [6.45, 7) is 17.0. The normalized spacial score (nSPS) is 18.9. The third kappa shape index (κ3) is 4.80. The van der Waals surface area contributed by atoms with Crippen molar-refractivity contribution in [1.82, 2.24) is 15.1 Å². The average molecular weight is 289 g/mol. The Morgan fingerprint density at radius 3 is 2.05 bits per heavy atom. The quantitative estimate of drug-likeness (QED) is 0.868. The Kier molecular flexibility index (Phi) is 6.22. The van der Waals surface area contributed by atoms with Gasteiger partial charge in [0.2, 0.25) is 0 Å². The molecule has 0 aromatic heterocycles. The maximum atomic E-state index is 3.67. The van der Waals surface area contributed by atoms with Gasteiger partial charge in [0.05, 0.1) is 0 Å². The van der Waals surface area contributed by atoms with E-state index in [4.69, 9.17) is 0 Å². The molecule has 1 atom stereocenters. The molecule has 1 aliphatic heterocycles. The van der Waals surface area contributed by atoms with E-state index in [1.54, 1.807) is 0 Å². The van der Waals surface area contributed by atoms with Crippen LogP contribution in [-0.4, -0.2) is 55.6 Å². The fourth-order valence-corrected chi connectivity index (χ4v) is 3.29. The van der Waals surface area contributed by atoms with Gasteiger partial charge >= 0.3 is 0 Å². The summed E-state index contributed by atoms with van der Waals surface area (Å²) < 4.78 is 0. The summed E-state index contributed by atoms with van der Waals surface area (Å²) in [4.78, 5) is 5.15. The van der Waals surface area contributed by atoms with Crippen molar-refractivity contribution < 1.29 is 0 Å². The average Bonchev–Trinajstić information content (AvgIpc) is 2.46. The SMILES string of the molecule is CCNC(CN1CCN(CC)CC1)c1cc(C)cc(C)c1. The largest absolute Gasteiger partial charge is 0.309 e. The second kappa shape index (κ2) is 7.92. The zero-order valence-corrected chi connectivity index (χ0v) is 14.2. The molecule has 0 radical (unpaired) electrons. The molecule has 1 saturated heterocycles. The minimum atomic E-state index is 0.446. The minimum Gasteiger partial charge on any atom is -0.309 e. The van der Waals surface area contributed by atoms with Crippen LogP contribution in [0.2, 0.25) is 0 Å². The van der Waals surface area contributed by atoms with Crippen molar-refractivity contribution in [2.75, 3.05) is 45.8 Å². The van der Waals surface area contributed by atoms with E-state index in [2.05, 4.69) is 61.0 Å². The smallest absolute Gasteiger partial charge is 0.0449 e. The van der Waals surface area contributed by atoms with Crippen molar-refractivity contribution in [3.63, 3.8) is 0 Å². The van der Waals surface area contributed by atoms with Gasteiger partial charge in [-0.1, -0.05) is 43.2 Å². The maximum absolute atomic E-state index is 3.67. The molecule has 1 unspecified atom stereocenters. The first-order valence-corrected chi connectivity index (χ1v) is 8.38.